The quantitative estimate of drug-likeness (QED) is 0.808. The Bertz CT molecular complexity index is 783. The van der Waals surface area contributed by atoms with Gasteiger partial charge in [-0.2, -0.15) is 0 Å². The molecular weight excluding hydrogens is 288 g/mol. The van der Waals surface area contributed by atoms with Crippen molar-refractivity contribution >= 4 is 5.65 Å². The fraction of sp³-hybridized carbons (Fsp3) is 0.389. The zero-order valence-corrected chi connectivity index (χ0v) is 13.5. The molecule has 0 bridgehead atoms. The molecular formula is C18H22N4O. The molecule has 5 heteroatoms. The van der Waals surface area contributed by atoms with Crippen molar-refractivity contribution in [2.75, 3.05) is 26.2 Å². The smallest absolute Gasteiger partial charge is 0.154 e. The van der Waals surface area contributed by atoms with Gasteiger partial charge in [-0.15, -0.1) is 0 Å². The lowest BCUT2D eigenvalue weighted by Crippen LogP contribution is -2.28. The van der Waals surface area contributed by atoms with E-state index >= 15 is 0 Å². The molecule has 23 heavy (non-hydrogen) atoms. The molecule has 0 radical (unpaired) electrons. The molecule has 0 aromatic carbocycles. The first-order chi connectivity index (χ1) is 11.3. The minimum atomic E-state index is 0.842. The molecule has 3 aromatic rings. The lowest BCUT2D eigenvalue weighted by atomic mass is 10.2. The maximum Gasteiger partial charge on any atom is 0.154 e. The number of furan rings is 1. The van der Waals surface area contributed by atoms with E-state index in [0.717, 1.165) is 49.8 Å². The van der Waals surface area contributed by atoms with Gasteiger partial charge in [-0.1, -0.05) is 0 Å². The molecule has 1 fully saturated rings. The number of aryl methyl sites for hydroxylation is 1. The predicted molar refractivity (Wildman–Crippen MR) is 90.4 cm³/mol. The van der Waals surface area contributed by atoms with Gasteiger partial charge >= 0.3 is 0 Å². The van der Waals surface area contributed by atoms with E-state index in [4.69, 9.17) is 9.40 Å². The van der Waals surface area contributed by atoms with Gasteiger partial charge in [0.25, 0.3) is 0 Å². The van der Waals surface area contributed by atoms with Crippen LogP contribution in [-0.2, 0) is 6.54 Å². The van der Waals surface area contributed by atoms with Crippen LogP contribution in [0.25, 0.3) is 17.1 Å². The first-order valence-electron chi connectivity index (χ1n) is 8.26. The van der Waals surface area contributed by atoms with Crippen LogP contribution in [0.3, 0.4) is 0 Å². The van der Waals surface area contributed by atoms with Gasteiger partial charge in [0.1, 0.15) is 11.3 Å². The summed E-state index contributed by atoms with van der Waals surface area (Å²) in [4.78, 5) is 7.33. The first-order valence-corrected chi connectivity index (χ1v) is 8.26. The van der Waals surface area contributed by atoms with Gasteiger partial charge in [0.2, 0.25) is 0 Å². The van der Waals surface area contributed by atoms with Crippen LogP contribution in [0.15, 0.2) is 41.1 Å². The summed E-state index contributed by atoms with van der Waals surface area (Å²) in [6, 6.07) is 8.17. The molecule has 3 aromatic heterocycles. The number of pyridine rings is 1. The molecule has 1 N–H and O–H groups in total. The highest BCUT2D eigenvalue weighted by Gasteiger charge is 2.19. The Morgan fingerprint density at radius 2 is 2.22 bits per heavy atom. The van der Waals surface area contributed by atoms with Gasteiger partial charge < -0.3 is 14.1 Å². The number of hydrogen-bond acceptors (Lipinski definition) is 4. The number of nitrogens with zero attached hydrogens (tertiary/aromatic N) is 3. The summed E-state index contributed by atoms with van der Waals surface area (Å²) in [5, 5.41) is 3.46. The summed E-state index contributed by atoms with van der Waals surface area (Å²) in [6.07, 6.45) is 5.02. The largest absolute Gasteiger partial charge is 0.463 e. The van der Waals surface area contributed by atoms with Crippen molar-refractivity contribution in [3.05, 3.63) is 48.0 Å². The Hall–Kier alpha value is -2.11. The van der Waals surface area contributed by atoms with Gasteiger partial charge in [-0.05, 0) is 56.3 Å². The Labute approximate surface area is 135 Å². The summed E-state index contributed by atoms with van der Waals surface area (Å²) in [6.45, 7) is 7.32. The van der Waals surface area contributed by atoms with Crippen molar-refractivity contribution in [3.8, 4) is 11.5 Å². The highest BCUT2D eigenvalue weighted by molar-refractivity contribution is 5.62. The maximum absolute atomic E-state index is 5.63. The second-order valence-corrected chi connectivity index (χ2v) is 6.20. The molecule has 4 rings (SSSR count). The van der Waals surface area contributed by atoms with Gasteiger partial charge in [-0.25, -0.2) is 4.98 Å². The average Bonchev–Trinajstić information content (AvgIpc) is 3.10. The van der Waals surface area contributed by atoms with Crippen LogP contribution in [0.5, 0.6) is 0 Å². The molecule has 0 aliphatic carbocycles. The Morgan fingerprint density at radius 1 is 1.26 bits per heavy atom. The summed E-state index contributed by atoms with van der Waals surface area (Å²) in [5.74, 6) is 0.842. The second-order valence-electron chi connectivity index (χ2n) is 6.20. The van der Waals surface area contributed by atoms with Gasteiger partial charge in [0, 0.05) is 25.8 Å². The fourth-order valence-electron chi connectivity index (χ4n) is 3.23. The average molecular weight is 310 g/mol. The maximum atomic E-state index is 5.63. The monoisotopic (exact) mass is 310 g/mol. The molecule has 1 aliphatic rings. The molecule has 5 nitrogen and oxygen atoms in total. The minimum absolute atomic E-state index is 0.842. The van der Waals surface area contributed by atoms with E-state index in [0.29, 0.717) is 0 Å². The standard InChI is InChI=1S/C18H22N4O/c1-14-5-9-22-15(13-21-8-3-6-19-7-10-21)18(20-17(22)12-14)16-4-2-11-23-16/h2,4-5,9,11-12,19H,3,6-8,10,13H2,1H3. The highest BCUT2D eigenvalue weighted by Crippen LogP contribution is 2.26. The number of nitrogens with one attached hydrogen (secondary N) is 1. The van der Waals surface area contributed by atoms with Crippen LogP contribution >= 0.6 is 0 Å². The molecule has 0 unspecified atom stereocenters. The van der Waals surface area contributed by atoms with Crippen molar-refractivity contribution in [1.29, 1.82) is 0 Å². The third-order valence-electron chi connectivity index (χ3n) is 4.44. The third-order valence-corrected chi connectivity index (χ3v) is 4.44. The Morgan fingerprint density at radius 3 is 3.09 bits per heavy atom. The number of fused-ring (bicyclic) bond motifs is 1. The van der Waals surface area contributed by atoms with E-state index in [1.807, 2.05) is 12.1 Å². The zero-order chi connectivity index (χ0) is 15.6. The van der Waals surface area contributed by atoms with E-state index in [-0.39, 0.29) is 0 Å². The van der Waals surface area contributed by atoms with Crippen molar-refractivity contribution < 1.29 is 4.42 Å². The van der Waals surface area contributed by atoms with Crippen molar-refractivity contribution in [2.45, 2.75) is 19.9 Å². The van der Waals surface area contributed by atoms with Crippen LogP contribution in [0.1, 0.15) is 17.7 Å². The van der Waals surface area contributed by atoms with Gasteiger partial charge in [0.15, 0.2) is 5.76 Å². The van der Waals surface area contributed by atoms with E-state index in [1.54, 1.807) is 6.26 Å². The summed E-state index contributed by atoms with van der Waals surface area (Å²) >= 11 is 0. The second kappa shape index (κ2) is 6.18. The number of hydrogen-bond donors (Lipinski definition) is 1. The van der Waals surface area contributed by atoms with Crippen LogP contribution in [0.2, 0.25) is 0 Å². The number of imidazole rings is 1. The van der Waals surface area contributed by atoms with Gasteiger partial charge in [-0.3, -0.25) is 4.90 Å². The van der Waals surface area contributed by atoms with Crippen LogP contribution in [0.4, 0.5) is 0 Å². The fourth-order valence-corrected chi connectivity index (χ4v) is 3.23. The molecule has 1 saturated heterocycles. The molecule has 0 atom stereocenters. The van der Waals surface area contributed by atoms with Crippen molar-refractivity contribution in [2.24, 2.45) is 0 Å². The SMILES string of the molecule is Cc1ccn2c(CN3CCCNCC3)c(-c3ccco3)nc2c1. The van der Waals surface area contributed by atoms with E-state index < -0.39 is 0 Å². The topological polar surface area (TPSA) is 45.7 Å². The number of rotatable bonds is 3. The zero-order valence-electron chi connectivity index (χ0n) is 13.5. The minimum Gasteiger partial charge on any atom is -0.463 e. The van der Waals surface area contributed by atoms with Crippen molar-refractivity contribution in [1.82, 2.24) is 19.6 Å². The highest BCUT2D eigenvalue weighted by atomic mass is 16.3. The van der Waals surface area contributed by atoms with Crippen LogP contribution < -0.4 is 5.32 Å². The summed E-state index contributed by atoms with van der Waals surface area (Å²) in [7, 11) is 0. The molecule has 0 spiro atoms. The lowest BCUT2D eigenvalue weighted by Gasteiger charge is -2.19. The van der Waals surface area contributed by atoms with E-state index in [1.165, 1.54) is 17.7 Å². The van der Waals surface area contributed by atoms with Crippen LogP contribution in [0, 0.1) is 6.92 Å². The molecule has 1 aliphatic heterocycles. The first kappa shape index (κ1) is 14.5. The summed E-state index contributed by atoms with van der Waals surface area (Å²) < 4.78 is 7.82. The van der Waals surface area contributed by atoms with Crippen molar-refractivity contribution in [3.63, 3.8) is 0 Å². The van der Waals surface area contributed by atoms with Gasteiger partial charge in [0.05, 0.1) is 12.0 Å². The normalized spacial score (nSPS) is 16.7. The molecule has 0 amide bonds. The molecule has 0 saturated carbocycles. The molecule has 120 valence electrons. The third kappa shape index (κ3) is 2.90. The predicted octanol–water partition coefficient (Wildman–Crippen LogP) is 2.70. The lowest BCUT2D eigenvalue weighted by molar-refractivity contribution is 0.280. The van der Waals surface area contributed by atoms with E-state index in [9.17, 15) is 0 Å². The van der Waals surface area contributed by atoms with Crippen LogP contribution in [-0.4, -0.2) is 40.5 Å². The number of aromatic nitrogens is 2. The van der Waals surface area contributed by atoms with E-state index in [2.05, 4.69) is 39.9 Å². The summed E-state index contributed by atoms with van der Waals surface area (Å²) in [5.41, 5.74) is 4.37. The Balaban J connectivity index is 1.77. The Kier molecular flexibility index (Phi) is 3.89. The molecule has 4 heterocycles.